The molecule has 0 heterocycles. The fraction of sp³-hybridized carbons (Fsp3) is 0.714. The molecule has 0 radical (unpaired) electrons. The summed E-state index contributed by atoms with van der Waals surface area (Å²) in [6.45, 7) is 4.18. The minimum Gasteiger partial charge on any atom is -0.481 e. The molecule has 0 saturated carbocycles. The molecule has 64 valence electrons. The summed E-state index contributed by atoms with van der Waals surface area (Å²) < 4.78 is 0. The lowest BCUT2D eigenvalue weighted by atomic mass is 9.80. The van der Waals surface area contributed by atoms with Crippen LogP contribution in [-0.2, 0) is 9.59 Å². The predicted octanol–water partition coefficient (Wildman–Crippen LogP) is 0.818. The molecular weight excluding hydrogens is 148 g/mol. The van der Waals surface area contributed by atoms with Gasteiger partial charge in [-0.15, -0.1) is 0 Å². The average molecular weight is 160 g/mol. The number of hydrogen-bond acceptors (Lipinski definition) is 2. The number of carboxylic acid groups (broad SMARTS) is 2. The SMILES string of the molecule is C[C@@H](C(=O)O)C(C)(C)C(=O)O. The summed E-state index contributed by atoms with van der Waals surface area (Å²) in [7, 11) is 0. The Morgan fingerprint density at radius 2 is 1.64 bits per heavy atom. The molecule has 1 atom stereocenters. The Morgan fingerprint density at radius 3 is 1.73 bits per heavy atom. The third-order valence-corrected chi connectivity index (χ3v) is 2.00. The zero-order valence-electron chi connectivity index (χ0n) is 6.79. The Kier molecular flexibility index (Phi) is 2.62. The van der Waals surface area contributed by atoms with Crippen molar-refractivity contribution in [1.29, 1.82) is 0 Å². The highest BCUT2D eigenvalue weighted by Gasteiger charge is 2.38. The van der Waals surface area contributed by atoms with Gasteiger partial charge < -0.3 is 10.2 Å². The van der Waals surface area contributed by atoms with Gasteiger partial charge in [-0.2, -0.15) is 0 Å². The minimum absolute atomic E-state index is 0.875. The van der Waals surface area contributed by atoms with Gasteiger partial charge in [0.05, 0.1) is 11.3 Å². The lowest BCUT2D eigenvalue weighted by Crippen LogP contribution is -2.35. The van der Waals surface area contributed by atoms with Crippen LogP contribution < -0.4 is 0 Å². The van der Waals surface area contributed by atoms with Crippen LogP contribution in [0.25, 0.3) is 0 Å². The van der Waals surface area contributed by atoms with Crippen LogP contribution in [0, 0.1) is 11.3 Å². The summed E-state index contributed by atoms with van der Waals surface area (Å²) in [4.78, 5) is 20.9. The standard InChI is InChI=1S/C7H12O4/c1-4(5(8)9)7(2,3)6(10)11/h4H,1-3H3,(H,8,9)(H,10,11)/t4-/m0/s1. The monoisotopic (exact) mass is 160 g/mol. The number of carboxylic acids is 2. The number of aliphatic carboxylic acids is 2. The highest BCUT2D eigenvalue weighted by atomic mass is 16.4. The number of carbonyl (C=O) groups is 2. The van der Waals surface area contributed by atoms with Crippen LogP contribution in [0.5, 0.6) is 0 Å². The van der Waals surface area contributed by atoms with Gasteiger partial charge in [0, 0.05) is 0 Å². The lowest BCUT2D eigenvalue weighted by Gasteiger charge is -2.23. The molecule has 0 aliphatic heterocycles. The Morgan fingerprint density at radius 1 is 1.27 bits per heavy atom. The molecule has 0 aliphatic carbocycles. The second-order valence-electron chi connectivity index (χ2n) is 3.09. The van der Waals surface area contributed by atoms with Crippen LogP contribution in [0.15, 0.2) is 0 Å². The number of rotatable bonds is 3. The van der Waals surface area contributed by atoms with Crippen LogP contribution >= 0.6 is 0 Å². The van der Waals surface area contributed by atoms with E-state index in [1.54, 1.807) is 0 Å². The van der Waals surface area contributed by atoms with Crippen LogP contribution in [0.2, 0.25) is 0 Å². The first kappa shape index (κ1) is 9.94. The van der Waals surface area contributed by atoms with Gasteiger partial charge in [-0.25, -0.2) is 0 Å². The Hall–Kier alpha value is -1.06. The van der Waals surface area contributed by atoms with E-state index in [4.69, 9.17) is 10.2 Å². The summed E-state index contributed by atoms with van der Waals surface area (Å²) in [5.41, 5.74) is -1.20. The molecule has 4 heteroatoms. The maximum atomic E-state index is 10.5. The summed E-state index contributed by atoms with van der Waals surface area (Å²) >= 11 is 0. The molecule has 11 heavy (non-hydrogen) atoms. The maximum absolute atomic E-state index is 10.5. The third kappa shape index (κ3) is 1.93. The molecule has 0 fully saturated rings. The predicted molar refractivity (Wildman–Crippen MR) is 38.2 cm³/mol. The van der Waals surface area contributed by atoms with Crippen molar-refractivity contribution in [1.82, 2.24) is 0 Å². The fourth-order valence-electron chi connectivity index (χ4n) is 0.494. The number of hydrogen-bond donors (Lipinski definition) is 2. The molecule has 0 aromatic heterocycles. The van der Waals surface area contributed by atoms with E-state index in [2.05, 4.69) is 0 Å². The van der Waals surface area contributed by atoms with Gasteiger partial charge in [0.2, 0.25) is 0 Å². The molecule has 0 aliphatic rings. The third-order valence-electron chi connectivity index (χ3n) is 2.00. The van der Waals surface area contributed by atoms with E-state index in [-0.39, 0.29) is 0 Å². The molecule has 0 unspecified atom stereocenters. The lowest BCUT2D eigenvalue weighted by molar-refractivity contribution is -0.159. The maximum Gasteiger partial charge on any atom is 0.309 e. The van der Waals surface area contributed by atoms with Gasteiger partial charge in [0.25, 0.3) is 0 Å². The van der Waals surface area contributed by atoms with E-state index in [0.717, 1.165) is 0 Å². The van der Waals surface area contributed by atoms with Gasteiger partial charge in [-0.1, -0.05) is 6.92 Å². The summed E-state index contributed by atoms with van der Waals surface area (Å²) in [6.07, 6.45) is 0. The van der Waals surface area contributed by atoms with Crippen LogP contribution in [0.4, 0.5) is 0 Å². The Balaban J connectivity index is 4.55. The molecule has 0 aromatic rings. The summed E-state index contributed by atoms with van der Waals surface area (Å²) in [5, 5.41) is 17.1. The van der Waals surface area contributed by atoms with Crippen molar-refractivity contribution in [2.24, 2.45) is 11.3 Å². The van der Waals surface area contributed by atoms with Crippen LogP contribution in [0.1, 0.15) is 20.8 Å². The van der Waals surface area contributed by atoms with Gasteiger partial charge in [0.15, 0.2) is 0 Å². The van der Waals surface area contributed by atoms with Crippen molar-refractivity contribution >= 4 is 11.9 Å². The van der Waals surface area contributed by atoms with E-state index in [1.165, 1.54) is 20.8 Å². The van der Waals surface area contributed by atoms with Crippen LogP contribution in [0.3, 0.4) is 0 Å². The smallest absolute Gasteiger partial charge is 0.309 e. The highest BCUT2D eigenvalue weighted by Crippen LogP contribution is 2.26. The molecule has 0 bridgehead atoms. The Bertz CT molecular complexity index is 183. The van der Waals surface area contributed by atoms with E-state index in [9.17, 15) is 9.59 Å². The molecule has 0 rings (SSSR count). The summed E-state index contributed by atoms with van der Waals surface area (Å²) in [6, 6.07) is 0. The van der Waals surface area contributed by atoms with E-state index >= 15 is 0 Å². The van der Waals surface area contributed by atoms with Crippen molar-refractivity contribution in [2.45, 2.75) is 20.8 Å². The molecule has 0 saturated heterocycles. The van der Waals surface area contributed by atoms with Gasteiger partial charge in [-0.3, -0.25) is 9.59 Å². The highest BCUT2D eigenvalue weighted by molar-refractivity contribution is 5.82. The van der Waals surface area contributed by atoms with Gasteiger partial charge >= 0.3 is 11.9 Å². The van der Waals surface area contributed by atoms with Gasteiger partial charge in [0.1, 0.15) is 0 Å². The molecular formula is C7H12O4. The largest absolute Gasteiger partial charge is 0.481 e. The molecule has 0 amide bonds. The zero-order chi connectivity index (χ0) is 9.23. The summed E-state index contributed by atoms with van der Waals surface area (Å²) in [5.74, 6) is -3.05. The minimum atomic E-state index is -1.20. The molecule has 4 nitrogen and oxygen atoms in total. The topological polar surface area (TPSA) is 74.6 Å². The quantitative estimate of drug-likeness (QED) is 0.640. The first-order chi connectivity index (χ1) is 4.80. The van der Waals surface area contributed by atoms with E-state index in [0.29, 0.717) is 0 Å². The normalized spacial score (nSPS) is 14.1. The van der Waals surface area contributed by atoms with E-state index < -0.39 is 23.3 Å². The van der Waals surface area contributed by atoms with Crippen molar-refractivity contribution in [2.75, 3.05) is 0 Å². The fourth-order valence-corrected chi connectivity index (χ4v) is 0.494. The van der Waals surface area contributed by atoms with Crippen LogP contribution in [-0.4, -0.2) is 22.2 Å². The first-order valence-electron chi connectivity index (χ1n) is 3.26. The molecule has 0 aromatic carbocycles. The van der Waals surface area contributed by atoms with Crippen molar-refractivity contribution in [3.63, 3.8) is 0 Å². The van der Waals surface area contributed by atoms with Crippen molar-refractivity contribution < 1.29 is 19.8 Å². The first-order valence-corrected chi connectivity index (χ1v) is 3.26. The average Bonchev–Trinajstić information content (AvgIpc) is 1.85. The molecule has 0 spiro atoms. The second-order valence-corrected chi connectivity index (χ2v) is 3.09. The van der Waals surface area contributed by atoms with E-state index in [1.807, 2.05) is 0 Å². The zero-order valence-corrected chi connectivity index (χ0v) is 6.79. The van der Waals surface area contributed by atoms with Gasteiger partial charge in [-0.05, 0) is 13.8 Å². The molecule has 2 N–H and O–H groups in total. The van der Waals surface area contributed by atoms with Crippen molar-refractivity contribution in [3.8, 4) is 0 Å². The second kappa shape index (κ2) is 2.90. The van der Waals surface area contributed by atoms with Crippen molar-refractivity contribution in [3.05, 3.63) is 0 Å². The Labute approximate surface area is 64.8 Å².